The van der Waals surface area contributed by atoms with Crippen LogP contribution in [0.4, 0.5) is 0 Å². The van der Waals surface area contributed by atoms with E-state index in [0.29, 0.717) is 5.92 Å². The summed E-state index contributed by atoms with van der Waals surface area (Å²) in [5.74, 6) is 0.836. The van der Waals surface area contributed by atoms with Crippen LogP contribution >= 0.6 is 0 Å². The van der Waals surface area contributed by atoms with Crippen molar-refractivity contribution in [3.63, 3.8) is 0 Å². The highest BCUT2D eigenvalue weighted by Gasteiger charge is 2.45. The van der Waals surface area contributed by atoms with E-state index in [2.05, 4.69) is 44.3 Å². The van der Waals surface area contributed by atoms with Crippen molar-refractivity contribution in [2.24, 2.45) is 11.8 Å². The first-order valence-corrected chi connectivity index (χ1v) is 11.0. The first-order chi connectivity index (χ1) is 12.9. The molecule has 1 amide bonds. The first kappa shape index (κ1) is 19.0. The number of benzene rings is 1. The highest BCUT2D eigenvalue weighted by molar-refractivity contribution is 5.79. The molecule has 1 heterocycles. The molecule has 1 aromatic carbocycles. The Kier molecular flexibility index (Phi) is 5.09. The lowest BCUT2D eigenvalue weighted by Gasteiger charge is -2.41. The molecule has 148 valence electrons. The number of nitrogens with one attached hydrogen (secondary N) is 1. The second-order valence-corrected chi connectivity index (χ2v) is 9.63. The van der Waals surface area contributed by atoms with Crippen LogP contribution in [0.15, 0.2) is 18.2 Å². The van der Waals surface area contributed by atoms with Gasteiger partial charge in [-0.05, 0) is 75.0 Å². The van der Waals surface area contributed by atoms with Crippen LogP contribution in [-0.4, -0.2) is 11.4 Å². The van der Waals surface area contributed by atoms with Gasteiger partial charge in [0.1, 0.15) is 0 Å². The van der Waals surface area contributed by atoms with Gasteiger partial charge in [-0.15, -0.1) is 0 Å². The van der Waals surface area contributed by atoms with E-state index < -0.39 is 0 Å². The van der Waals surface area contributed by atoms with Crippen LogP contribution in [0.5, 0.6) is 0 Å². The number of aryl methyl sites for hydroxylation is 1. The lowest BCUT2D eigenvalue weighted by atomic mass is 9.70. The average Bonchev–Trinajstić information content (AvgIpc) is 3.01. The second kappa shape index (κ2) is 7.24. The number of ether oxygens (including phenoxy) is 1. The van der Waals surface area contributed by atoms with E-state index in [1.807, 2.05) is 0 Å². The van der Waals surface area contributed by atoms with Crippen molar-refractivity contribution in [3.8, 4) is 0 Å². The van der Waals surface area contributed by atoms with Crippen LogP contribution in [-0.2, 0) is 21.7 Å². The Morgan fingerprint density at radius 2 is 1.85 bits per heavy atom. The smallest absolute Gasteiger partial charge is 0.223 e. The molecule has 1 aliphatic heterocycles. The van der Waals surface area contributed by atoms with Crippen molar-refractivity contribution in [1.29, 1.82) is 0 Å². The summed E-state index contributed by atoms with van der Waals surface area (Å²) in [6.07, 6.45) is 10.3. The third-order valence-corrected chi connectivity index (χ3v) is 7.66. The summed E-state index contributed by atoms with van der Waals surface area (Å²) in [7, 11) is 0. The monoisotopic (exact) mass is 369 g/mol. The highest BCUT2D eigenvalue weighted by Crippen LogP contribution is 2.50. The minimum Gasteiger partial charge on any atom is -0.366 e. The summed E-state index contributed by atoms with van der Waals surface area (Å²) in [4.78, 5) is 12.9. The number of hydrogen-bond donors (Lipinski definition) is 1. The Morgan fingerprint density at radius 1 is 1.15 bits per heavy atom. The number of hydrogen-bond acceptors (Lipinski definition) is 2. The van der Waals surface area contributed by atoms with Gasteiger partial charge >= 0.3 is 0 Å². The topological polar surface area (TPSA) is 38.3 Å². The number of rotatable bonds is 3. The molecule has 3 nitrogen and oxygen atoms in total. The third-order valence-electron chi connectivity index (χ3n) is 7.66. The van der Waals surface area contributed by atoms with E-state index in [4.69, 9.17) is 4.74 Å². The first-order valence-electron chi connectivity index (χ1n) is 11.0. The van der Waals surface area contributed by atoms with E-state index in [9.17, 15) is 4.79 Å². The zero-order valence-corrected chi connectivity index (χ0v) is 17.3. The van der Waals surface area contributed by atoms with E-state index in [0.717, 1.165) is 45.1 Å². The largest absolute Gasteiger partial charge is 0.366 e. The Morgan fingerprint density at radius 3 is 2.56 bits per heavy atom. The molecule has 2 fully saturated rings. The molecule has 3 aliphatic rings. The van der Waals surface area contributed by atoms with Crippen LogP contribution in [0.1, 0.15) is 88.3 Å². The van der Waals surface area contributed by atoms with Crippen LogP contribution in [0.2, 0.25) is 0 Å². The van der Waals surface area contributed by atoms with E-state index in [1.54, 1.807) is 0 Å². The maximum atomic E-state index is 12.9. The van der Waals surface area contributed by atoms with Crippen molar-refractivity contribution in [1.82, 2.24) is 5.32 Å². The van der Waals surface area contributed by atoms with Gasteiger partial charge in [0.05, 0.1) is 12.2 Å². The molecule has 0 aromatic heterocycles. The molecule has 1 spiro atoms. The summed E-state index contributed by atoms with van der Waals surface area (Å²) >= 11 is 0. The number of fused-ring (bicyclic) bond motifs is 2. The fraction of sp³-hybridized carbons (Fsp3) is 0.708. The van der Waals surface area contributed by atoms with Gasteiger partial charge in [0.25, 0.3) is 0 Å². The Labute approximate surface area is 164 Å². The zero-order chi connectivity index (χ0) is 19.1. The van der Waals surface area contributed by atoms with Crippen LogP contribution in [0.25, 0.3) is 0 Å². The van der Waals surface area contributed by atoms with E-state index in [-0.39, 0.29) is 23.0 Å². The Bertz CT molecular complexity index is 696. The van der Waals surface area contributed by atoms with Gasteiger partial charge in [-0.3, -0.25) is 4.79 Å². The summed E-state index contributed by atoms with van der Waals surface area (Å²) in [6, 6.07) is 6.56. The van der Waals surface area contributed by atoms with Gasteiger partial charge < -0.3 is 10.1 Å². The summed E-state index contributed by atoms with van der Waals surface area (Å²) in [5, 5.41) is 3.41. The van der Waals surface area contributed by atoms with E-state index >= 15 is 0 Å². The van der Waals surface area contributed by atoms with Gasteiger partial charge in [-0.2, -0.15) is 0 Å². The predicted octanol–water partition coefficient (Wildman–Crippen LogP) is 5.39. The standard InChI is InChI=1S/C24H35NO2/c1-17-8-7-9-20-16-27-24(21(17)20)14-10-19(11-15-24)18(2)22(26)25-23(3)12-5-4-6-13-23/h7-9,18-19H,4-6,10-16H2,1-3H3,(H,25,26). The predicted molar refractivity (Wildman–Crippen MR) is 108 cm³/mol. The SMILES string of the molecule is Cc1cccc2c1C1(CCC(C(C)C(=O)NC3(C)CCCCC3)CC1)OC2. The molecule has 1 atom stereocenters. The molecule has 2 saturated carbocycles. The molecular formula is C24H35NO2. The fourth-order valence-electron chi connectivity index (χ4n) is 5.87. The Hall–Kier alpha value is -1.35. The molecule has 1 aromatic rings. The van der Waals surface area contributed by atoms with Crippen molar-refractivity contribution < 1.29 is 9.53 Å². The molecule has 1 unspecified atom stereocenters. The molecule has 0 saturated heterocycles. The average molecular weight is 370 g/mol. The lowest BCUT2D eigenvalue weighted by Crippen LogP contribution is -2.50. The number of amides is 1. The number of carbonyl (C=O) groups excluding carboxylic acids is 1. The quantitative estimate of drug-likeness (QED) is 0.776. The van der Waals surface area contributed by atoms with Gasteiger partial charge in [0.15, 0.2) is 0 Å². The van der Waals surface area contributed by atoms with Gasteiger partial charge in [0, 0.05) is 11.5 Å². The molecule has 1 N–H and O–H groups in total. The summed E-state index contributed by atoms with van der Waals surface area (Å²) in [5.41, 5.74) is 4.09. The molecule has 27 heavy (non-hydrogen) atoms. The summed E-state index contributed by atoms with van der Waals surface area (Å²) in [6.45, 7) is 7.33. The van der Waals surface area contributed by atoms with Crippen molar-refractivity contribution >= 4 is 5.91 Å². The molecule has 0 radical (unpaired) electrons. The van der Waals surface area contributed by atoms with Crippen molar-refractivity contribution in [2.75, 3.05) is 0 Å². The minimum atomic E-state index is -0.0945. The maximum absolute atomic E-state index is 12.9. The molecule has 4 rings (SSSR count). The fourth-order valence-corrected chi connectivity index (χ4v) is 5.87. The summed E-state index contributed by atoms with van der Waals surface area (Å²) < 4.78 is 6.36. The zero-order valence-electron chi connectivity index (χ0n) is 17.3. The maximum Gasteiger partial charge on any atom is 0.223 e. The van der Waals surface area contributed by atoms with Crippen molar-refractivity contribution in [2.45, 2.75) is 96.3 Å². The molecule has 2 aliphatic carbocycles. The molecule has 3 heteroatoms. The third kappa shape index (κ3) is 3.55. The van der Waals surface area contributed by atoms with Gasteiger partial charge in [-0.25, -0.2) is 0 Å². The molecular weight excluding hydrogens is 334 g/mol. The minimum absolute atomic E-state index is 0.0180. The van der Waals surface area contributed by atoms with Crippen LogP contribution < -0.4 is 5.32 Å². The van der Waals surface area contributed by atoms with Crippen LogP contribution in [0.3, 0.4) is 0 Å². The second-order valence-electron chi connectivity index (χ2n) is 9.63. The van der Waals surface area contributed by atoms with E-state index in [1.165, 1.54) is 36.0 Å². The highest BCUT2D eigenvalue weighted by atomic mass is 16.5. The van der Waals surface area contributed by atoms with Gasteiger partial charge in [-0.1, -0.05) is 44.4 Å². The normalized spacial score (nSPS) is 30.7. The van der Waals surface area contributed by atoms with Crippen LogP contribution in [0, 0.1) is 18.8 Å². The lowest BCUT2D eigenvalue weighted by molar-refractivity contribution is -0.130. The number of carbonyl (C=O) groups is 1. The molecule has 0 bridgehead atoms. The Balaban J connectivity index is 1.39. The van der Waals surface area contributed by atoms with Gasteiger partial charge in [0.2, 0.25) is 5.91 Å². The van der Waals surface area contributed by atoms with Crippen molar-refractivity contribution in [3.05, 3.63) is 34.9 Å².